The minimum Gasteiger partial charge on any atom is -0.508 e. The Hall–Kier alpha value is -0.770. The van der Waals surface area contributed by atoms with E-state index in [2.05, 4.69) is 20.8 Å². The molecule has 0 spiro atoms. The minimum absolute atomic E-state index is 0. The number of aromatic hydroxyl groups is 1. The minimum atomic E-state index is -0.574. The number of nitrogens with two attached hydrogens (primary N) is 1. The molecule has 1 aromatic rings. The Bertz CT molecular complexity index is 332. The van der Waals surface area contributed by atoms with Crippen molar-refractivity contribution in [2.24, 2.45) is 11.1 Å². The van der Waals surface area contributed by atoms with E-state index < -0.39 is 6.10 Å². The van der Waals surface area contributed by atoms with E-state index in [1.165, 1.54) is 0 Å². The number of benzene rings is 1. The lowest BCUT2D eigenvalue weighted by atomic mass is 9.83. The highest BCUT2D eigenvalue weighted by atomic mass is 35.5. The SMILES string of the molecule is CC(C)(C)[C@H](N)C[C@@H](O)c1ccc(O)cc1.Cl. The van der Waals surface area contributed by atoms with Gasteiger partial charge < -0.3 is 15.9 Å². The van der Waals surface area contributed by atoms with Gasteiger partial charge >= 0.3 is 0 Å². The lowest BCUT2D eigenvalue weighted by molar-refractivity contribution is 0.133. The Kier molecular flexibility index (Phi) is 5.96. The van der Waals surface area contributed by atoms with E-state index >= 15 is 0 Å². The number of phenolic OH excluding ortho intramolecular Hbond substituents is 1. The van der Waals surface area contributed by atoms with Crippen LogP contribution in [0.2, 0.25) is 0 Å². The highest BCUT2D eigenvalue weighted by Gasteiger charge is 2.23. The molecule has 0 aliphatic rings. The Balaban J connectivity index is 0.00000256. The van der Waals surface area contributed by atoms with Gasteiger partial charge in [0.2, 0.25) is 0 Å². The smallest absolute Gasteiger partial charge is 0.115 e. The Morgan fingerprint density at radius 2 is 1.65 bits per heavy atom. The molecule has 0 aliphatic carbocycles. The molecule has 4 N–H and O–H groups in total. The third-order valence-corrected chi connectivity index (χ3v) is 2.87. The van der Waals surface area contributed by atoms with Gasteiger partial charge in [-0.1, -0.05) is 32.9 Å². The monoisotopic (exact) mass is 259 g/mol. The van der Waals surface area contributed by atoms with E-state index in [1.807, 2.05) is 0 Å². The molecule has 0 saturated carbocycles. The lowest BCUT2D eigenvalue weighted by Gasteiger charge is -2.29. The number of aliphatic hydroxyl groups is 1. The summed E-state index contributed by atoms with van der Waals surface area (Å²) in [6, 6.07) is 6.52. The molecule has 0 aromatic heterocycles. The Morgan fingerprint density at radius 3 is 2.06 bits per heavy atom. The van der Waals surface area contributed by atoms with E-state index in [4.69, 9.17) is 10.8 Å². The molecule has 0 aliphatic heterocycles. The topological polar surface area (TPSA) is 66.5 Å². The van der Waals surface area contributed by atoms with Crippen LogP contribution in [0.5, 0.6) is 5.75 Å². The number of halogens is 1. The summed E-state index contributed by atoms with van der Waals surface area (Å²) in [5, 5.41) is 19.1. The van der Waals surface area contributed by atoms with Crippen molar-refractivity contribution in [3.8, 4) is 5.75 Å². The van der Waals surface area contributed by atoms with Crippen LogP contribution in [0, 0.1) is 5.41 Å². The van der Waals surface area contributed by atoms with Gasteiger partial charge in [-0.15, -0.1) is 12.4 Å². The van der Waals surface area contributed by atoms with Crippen LogP contribution in [0.4, 0.5) is 0 Å². The van der Waals surface area contributed by atoms with Crippen molar-refractivity contribution in [1.29, 1.82) is 0 Å². The number of hydrogen-bond donors (Lipinski definition) is 3. The van der Waals surface area contributed by atoms with Crippen molar-refractivity contribution < 1.29 is 10.2 Å². The molecule has 3 nitrogen and oxygen atoms in total. The van der Waals surface area contributed by atoms with Crippen molar-refractivity contribution in [2.75, 3.05) is 0 Å². The van der Waals surface area contributed by atoms with Crippen LogP contribution in [-0.2, 0) is 0 Å². The van der Waals surface area contributed by atoms with E-state index in [0.717, 1.165) is 5.56 Å². The van der Waals surface area contributed by atoms with Gasteiger partial charge in [-0.25, -0.2) is 0 Å². The van der Waals surface area contributed by atoms with E-state index in [0.29, 0.717) is 6.42 Å². The van der Waals surface area contributed by atoms with Gasteiger partial charge in [0.25, 0.3) is 0 Å². The predicted molar refractivity (Wildman–Crippen MR) is 72.4 cm³/mol. The maximum absolute atomic E-state index is 9.98. The second kappa shape index (κ2) is 6.24. The van der Waals surface area contributed by atoms with E-state index in [9.17, 15) is 5.11 Å². The van der Waals surface area contributed by atoms with Crippen molar-refractivity contribution in [2.45, 2.75) is 39.3 Å². The molecular formula is C13H22ClNO2. The van der Waals surface area contributed by atoms with Crippen LogP contribution < -0.4 is 5.73 Å². The maximum atomic E-state index is 9.98. The molecule has 0 heterocycles. The molecule has 0 saturated heterocycles. The zero-order valence-electron chi connectivity index (χ0n) is 10.6. The fraction of sp³-hybridized carbons (Fsp3) is 0.538. The molecule has 0 amide bonds. The largest absolute Gasteiger partial charge is 0.508 e. The highest BCUT2D eigenvalue weighted by molar-refractivity contribution is 5.85. The molecule has 0 unspecified atom stereocenters. The van der Waals surface area contributed by atoms with Gasteiger partial charge in [0.05, 0.1) is 6.10 Å². The van der Waals surface area contributed by atoms with Gasteiger partial charge in [0, 0.05) is 6.04 Å². The predicted octanol–water partition coefficient (Wildman–Crippen LogP) is 2.61. The summed E-state index contributed by atoms with van der Waals surface area (Å²) in [4.78, 5) is 0. The van der Waals surface area contributed by atoms with Gasteiger partial charge in [0.15, 0.2) is 0 Å². The van der Waals surface area contributed by atoms with E-state index in [-0.39, 0.29) is 29.6 Å². The number of rotatable bonds is 3. The first kappa shape index (κ1) is 16.2. The van der Waals surface area contributed by atoms with Crippen LogP contribution in [0.3, 0.4) is 0 Å². The second-order valence-electron chi connectivity index (χ2n) is 5.32. The number of phenols is 1. The molecule has 1 aromatic carbocycles. The first-order chi connectivity index (χ1) is 7.30. The summed E-state index contributed by atoms with van der Waals surface area (Å²) in [5.74, 6) is 0.205. The third-order valence-electron chi connectivity index (χ3n) is 2.87. The molecular weight excluding hydrogens is 238 g/mol. The van der Waals surface area contributed by atoms with Crippen LogP contribution in [0.15, 0.2) is 24.3 Å². The highest BCUT2D eigenvalue weighted by Crippen LogP contribution is 2.27. The standard InChI is InChI=1S/C13H21NO2.ClH/c1-13(2,3)12(14)8-11(16)9-4-6-10(15)7-5-9;/h4-7,11-12,15-16H,8,14H2,1-3H3;1H/t11-,12-;/m1./s1. The molecule has 4 heteroatoms. The second-order valence-corrected chi connectivity index (χ2v) is 5.32. The Morgan fingerprint density at radius 1 is 1.18 bits per heavy atom. The average Bonchev–Trinajstić information content (AvgIpc) is 2.17. The zero-order chi connectivity index (χ0) is 12.3. The summed E-state index contributed by atoms with van der Waals surface area (Å²) in [7, 11) is 0. The molecule has 98 valence electrons. The normalized spacial score (nSPS) is 14.9. The first-order valence-electron chi connectivity index (χ1n) is 5.53. The Labute approximate surface area is 109 Å². The van der Waals surface area contributed by atoms with Crippen molar-refractivity contribution in [3.63, 3.8) is 0 Å². The summed E-state index contributed by atoms with van der Waals surface area (Å²) < 4.78 is 0. The summed E-state index contributed by atoms with van der Waals surface area (Å²) in [6.45, 7) is 6.17. The molecule has 0 fully saturated rings. The van der Waals surface area contributed by atoms with Gasteiger partial charge in [-0.05, 0) is 29.5 Å². The van der Waals surface area contributed by atoms with Crippen LogP contribution in [0.25, 0.3) is 0 Å². The molecule has 2 atom stereocenters. The summed E-state index contributed by atoms with van der Waals surface area (Å²) >= 11 is 0. The van der Waals surface area contributed by atoms with Gasteiger partial charge in [0.1, 0.15) is 5.75 Å². The van der Waals surface area contributed by atoms with Crippen molar-refractivity contribution >= 4 is 12.4 Å². The summed E-state index contributed by atoms with van der Waals surface area (Å²) in [5.41, 5.74) is 6.78. The average molecular weight is 260 g/mol. The maximum Gasteiger partial charge on any atom is 0.115 e. The third kappa shape index (κ3) is 4.94. The van der Waals surface area contributed by atoms with Crippen LogP contribution in [-0.4, -0.2) is 16.3 Å². The summed E-state index contributed by atoms with van der Waals surface area (Å²) in [6.07, 6.45) is -0.0521. The van der Waals surface area contributed by atoms with Gasteiger partial charge in [-0.3, -0.25) is 0 Å². The number of hydrogen-bond acceptors (Lipinski definition) is 3. The van der Waals surface area contributed by atoms with Crippen molar-refractivity contribution in [3.05, 3.63) is 29.8 Å². The zero-order valence-corrected chi connectivity index (χ0v) is 11.4. The van der Waals surface area contributed by atoms with Crippen LogP contribution in [0.1, 0.15) is 38.9 Å². The van der Waals surface area contributed by atoms with E-state index in [1.54, 1.807) is 24.3 Å². The lowest BCUT2D eigenvalue weighted by Crippen LogP contribution is -2.36. The van der Waals surface area contributed by atoms with Gasteiger partial charge in [-0.2, -0.15) is 0 Å². The molecule has 0 bridgehead atoms. The number of aliphatic hydroxyl groups excluding tert-OH is 1. The quantitative estimate of drug-likeness (QED) is 0.782. The fourth-order valence-electron chi connectivity index (χ4n) is 1.43. The molecule has 1 rings (SSSR count). The molecule has 17 heavy (non-hydrogen) atoms. The van der Waals surface area contributed by atoms with Crippen molar-refractivity contribution in [1.82, 2.24) is 0 Å². The molecule has 0 radical (unpaired) electrons. The first-order valence-corrected chi connectivity index (χ1v) is 5.53. The fourth-order valence-corrected chi connectivity index (χ4v) is 1.43. The van der Waals surface area contributed by atoms with Crippen LogP contribution >= 0.6 is 12.4 Å².